The highest BCUT2D eigenvalue weighted by molar-refractivity contribution is 5.96. The van der Waals surface area contributed by atoms with Gasteiger partial charge in [0, 0.05) is 12.0 Å². The standard InChI is InChI=1S/C13H16O2/c1-8-7-13(11(4)15)10(3)12(5-6-14)9(8)2/h6-7H,5H2,1-4H3. The van der Waals surface area contributed by atoms with Crippen molar-refractivity contribution in [1.82, 2.24) is 0 Å². The fourth-order valence-corrected chi connectivity index (χ4v) is 1.87. The van der Waals surface area contributed by atoms with Crippen LogP contribution in [0.1, 0.15) is 39.5 Å². The molecular formula is C13H16O2. The Morgan fingerprint density at radius 3 is 2.33 bits per heavy atom. The first-order valence-corrected chi connectivity index (χ1v) is 5.03. The van der Waals surface area contributed by atoms with E-state index in [1.54, 1.807) is 6.92 Å². The summed E-state index contributed by atoms with van der Waals surface area (Å²) in [5.74, 6) is 0.0581. The summed E-state index contributed by atoms with van der Waals surface area (Å²) < 4.78 is 0. The van der Waals surface area contributed by atoms with Crippen LogP contribution in [0.5, 0.6) is 0 Å². The Balaban J connectivity index is 3.48. The van der Waals surface area contributed by atoms with E-state index in [2.05, 4.69) is 0 Å². The topological polar surface area (TPSA) is 34.1 Å². The van der Waals surface area contributed by atoms with Gasteiger partial charge in [-0.25, -0.2) is 0 Å². The summed E-state index contributed by atoms with van der Waals surface area (Å²) in [6.07, 6.45) is 1.28. The quantitative estimate of drug-likeness (QED) is 0.560. The van der Waals surface area contributed by atoms with Crippen molar-refractivity contribution in [2.24, 2.45) is 0 Å². The molecule has 0 amide bonds. The highest BCUT2D eigenvalue weighted by atomic mass is 16.1. The molecule has 0 aliphatic heterocycles. The van der Waals surface area contributed by atoms with Crippen LogP contribution in [0.15, 0.2) is 6.07 Å². The lowest BCUT2D eigenvalue weighted by Crippen LogP contribution is -2.05. The van der Waals surface area contributed by atoms with E-state index in [1.807, 2.05) is 26.8 Å². The lowest BCUT2D eigenvalue weighted by Gasteiger charge is -2.13. The zero-order valence-corrected chi connectivity index (χ0v) is 9.68. The van der Waals surface area contributed by atoms with Gasteiger partial charge in [-0.2, -0.15) is 0 Å². The van der Waals surface area contributed by atoms with Crippen LogP contribution in [0.4, 0.5) is 0 Å². The van der Waals surface area contributed by atoms with Crippen molar-refractivity contribution in [2.75, 3.05) is 0 Å². The number of rotatable bonds is 3. The van der Waals surface area contributed by atoms with Crippen LogP contribution in [0.2, 0.25) is 0 Å². The third-order valence-corrected chi connectivity index (χ3v) is 2.93. The predicted octanol–water partition coefficient (Wildman–Crippen LogP) is 2.56. The molecule has 0 unspecified atom stereocenters. The number of ketones is 1. The summed E-state index contributed by atoms with van der Waals surface area (Å²) in [4.78, 5) is 22.0. The third-order valence-electron chi connectivity index (χ3n) is 2.93. The van der Waals surface area contributed by atoms with Crippen molar-refractivity contribution in [1.29, 1.82) is 0 Å². The maximum atomic E-state index is 11.4. The van der Waals surface area contributed by atoms with Crippen molar-refractivity contribution in [3.63, 3.8) is 0 Å². The molecule has 2 nitrogen and oxygen atoms in total. The van der Waals surface area contributed by atoms with Crippen LogP contribution in [0, 0.1) is 20.8 Å². The molecule has 0 bridgehead atoms. The van der Waals surface area contributed by atoms with Gasteiger partial charge in [-0.1, -0.05) is 0 Å². The largest absolute Gasteiger partial charge is 0.303 e. The van der Waals surface area contributed by atoms with Crippen molar-refractivity contribution in [3.05, 3.63) is 33.9 Å². The molecule has 0 atom stereocenters. The van der Waals surface area contributed by atoms with Crippen molar-refractivity contribution >= 4 is 12.1 Å². The molecule has 1 aromatic carbocycles. The highest BCUT2D eigenvalue weighted by Crippen LogP contribution is 2.22. The van der Waals surface area contributed by atoms with Gasteiger partial charge in [0.25, 0.3) is 0 Å². The van der Waals surface area contributed by atoms with Crippen LogP contribution in [-0.2, 0) is 11.2 Å². The Bertz CT molecular complexity index is 417. The van der Waals surface area contributed by atoms with Gasteiger partial charge in [0.1, 0.15) is 6.29 Å². The van der Waals surface area contributed by atoms with Crippen LogP contribution in [0.25, 0.3) is 0 Å². The molecule has 2 heteroatoms. The number of hydrogen-bond donors (Lipinski definition) is 0. The van der Waals surface area contributed by atoms with Crippen LogP contribution in [-0.4, -0.2) is 12.1 Å². The molecule has 80 valence electrons. The summed E-state index contributed by atoms with van der Waals surface area (Å²) in [6, 6.07) is 1.90. The maximum absolute atomic E-state index is 11.4. The van der Waals surface area contributed by atoms with Gasteiger partial charge < -0.3 is 4.79 Å². The number of benzene rings is 1. The second-order valence-electron chi connectivity index (χ2n) is 3.90. The van der Waals surface area contributed by atoms with E-state index >= 15 is 0 Å². The normalized spacial score (nSPS) is 10.1. The van der Waals surface area contributed by atoms with Crippen LogP contribution >= 0.6 is 0 Å². The van der Waals surface area contributed by atoms with Crippen LogP contribution in [0.3, 0.4) is 0 Å². The maximum Gasteiger partial charge on any atom is 0.160 e. The second-order valence-corrected chi connectivity index (χ2v) is 3.90. The second kappa shape index (κ2) is 4.39. The van der Waals surface area contributed by atoms with Gasteiger partial charge in [-0.3, -0.25) is 4.79 Å². The minimum absolute atomic E-state index is 0.0581. The van der Waals surface area contributed by atoms with Gasteiger partial charge in [0.2, 0.25) is 0 Å². The average Bonchev–Trinajstić information content (AvgIpc) is 2.18. The molecule has 0 N–H and O–H groups in total. The van der Waals surface area contributed by atoms with Gasteiger partial charge in [-0.05, 0) is 56.0 Å². The van der Waals surface area contributed by atoms with Gasteiger partial charge in [0.05, 0.1) is 0 Å². The molecule has 0 fully saturated rings. The van der Waals surface area contributed by atoms with E-state index in [1.165, 1.54) is 0 Å². The first kappa shape index (κ1) is 11.6. The van der Waals surface area contributed by atoms with Crippen molar-refractivity contribution in [2.45, 2.75) is 34.1 Å². The summed E-state index contributed by atoms with van der Waals surface area (Å²) in [6.45, 7) is 7.42. The van der Waals surface area contributed by atoms with E-state index in [0.717, 1.165) is 34.1 Å². The Hall–Kier alpha value is -1.44. The molecule has 0 radical (unpaired) electrons. The minimum atomic E-state index is 0.0581. The monoisotopic (exact) mass is 204 g/mol. The molecule has 0 spiro atoms. The molecule has 0 aromatic heterocycles. The molecular weight excluding hydrogens is 188 g/mol. The molecule has 0 heterocycles. The lowest BCUT2D eigenvalue weighted by molar-refractivity contribution is -0.107. The van der Waals surface area contributed by atoms with Gasteiger partial charge in [-0.15, -0.1) is 0 Å². The smallest absolute Gasteiger partial charge is 0.160 e. The molecule has 15 heavy (non-hydrogen) atoms. The Morgan fingerprint density at radius 2 is 1.87 bits per heavy atom. The third kappa shape index (κ3) is 2.14. The van der Waals surface area contributed by atoms with E-state index in [9.17, 15) is 9.59 Å². The fraction of sp³-hybridized carbons (Fsp3) is 0.385. The molecule has 0 saturated heterocycles. The fourth-order valence-electron chi connectivity index (χ4n) is 1.87. The number of carbonyl (C=O) groups is 2. The summed E-state index contributed by atoms with van der Waals surface area (Å²) >= 11 is 0. The molecule has 0 aliphatic carbocycles. The molecule has 1 rings (SSSR count). The van der Waals surface area contributed by atoms with E-state index in [0.29, 0.717) is 6.42 Å². The zero-order valence-electron chi connectivity index (χ0n) is 9.68. The zero-order chi connectivity index (χ0) is 11.6. The Morgan fingerprint density at radius 1 is 1.27 bits per heavy atom. The average molecular weight is 204 g/mol. The van der Waals surface area contributed by atoms with Gasteiger partial charge >= 0.3 is 0 Å². The summed E-state index contributed by atoms with van der Waals surface area (Å²) in [5, 5.41) is 0. The SMILES string of the molecule is CC(=O)c1cc(C)c(C)c(CC=O)c1C. The number of aldehydes is 1. The predicted molar refractivity (Wildman–Crippen MR) is 60.4 cm³/mol. The highest BCUT2D eigenvalue weighted by Gasteiger charge is 2.12. The summed E-state index contributed by atoms with van der Waals surface area (Å²) in [7, 11) is 0. The van der Waals surface area contributed by atoms with Crippen molar-refractivity contribution < 1.29 is 9.59 Å². The lowest BCUT2D eigenvalue weighted by atomic mass is 9.91. The van der Waals surface area contributed by atoms with Gasteiger partial charge in [0.15, 0.2) is 5.78 Å². The minimum Gasteiger partial charge on any atom is -0.303 e. The number of carbonyl (C=O) groups excluding carboxylic acids is 2. The number of aryl methyl sites for hydroxylation is 1. The number of hydrogen-bond acceptors (Lipinski definition) is 2. The summed E-state index contributed by atoms with van der Waals surface area (Å²) in [5.41, 5.74) is 4.86. The van der Waals surface area contributed by atoms with E-state index in [4.69, 9.17) is 0 Å². The molecule has 0 saturated carbocycles. The molecule has 1 aromatic rings. The number of Topliss-reactive ketones (excluding diaryl/α,β-unsaturated/α-hetero) is 1. The van der Waals surface area contributed by atoms with E-state index < -0.39 is 0 Å². The first-order chi connectivity index (χ1) is 6.99. The van der Waals surface area contributed by atoms with E-state index in [-0.39, 0.29) is 5.78 Å². The Kier molecular flexibility index (Phi) is 3.40. The van der Waals surface area contributed by atoms with Crippen LogP contribution < -0.4 is 0 Å². The first-order valence-electron chi connectivity index (χ1n) is 5.03. The Labute approximate surface area is 90.3 Å². The van der Waals surface area contributed by atoms with Crippen molar-refractivity contribution in [3.8, 4) is 0 Å². The molecule has 0 aliphatic rings.